The van der Waals surface area contributed by atoms with Crippen LogP contribution < -0.4 is 10.5 Å². The number of nitriles is 1. The first-order chi connectivity index (χ1) is 7.36. The van der Waals surface area contributed by atoms with Crippen molar-refractivity contribution in [2.75, 3.05) is 24.7 Å². The lowest BCUT2D eigenvalue weighted by atomic mass is 10.2. The summed E-state index contributed by atoms with van der Waals surface area (Å²) < 4.78 is 5.48. The van der Waals surface area contributed by atoms with Gasteiger partial charge in [0.1, 0.15) is 5.75 Å². The zero-order valence-corrected chi connectivity index (χ0v) is 9.30. The van der Waals surface area contributed by atoms with E-state index in [1.165, 1.54) is 0 Å². The molecule has 2 N–H and O–H groups in total. The fourth-order valence-corrected chi connectivity index (χ4v) is 1.60. The molecule has 1 aromatic rings. The normalized spacial score (nSPS) is 9.60. The van der Waals surface area contributed by atoms with Crippen LogP contribution in [0.4, 0.5) is 0 Å². The van der Waals surface area contributed by atoms with Gasteiger partial charge < -0.3 is 10.5 Å². The Labute approximate surface area is 94.2 Å². The highest BCUT2D eigenvalue weighted by Gasteiger charge is 1.94. The van der Waals surface area contributed by atoms with Crippen LogP contribution in [0, 0.1) is 11.3 Å². The van der Waals surface area contributed by atoms with Crippen molar-refractivity contribution in [3.05, 3.63) is 29.8 Å². The second kappa shape index (κ2) is 7.16. The molecule has 80 valence electrons. The molecule has 15 heavy (non-hydrogen) atoms. The topological polar surface area (TPSA) is 59.0 Å². The molecule has 0 saturated carbocycles. The van der Waals surface area contributed by atoms with Gasteiger partial charge in [-0.25, -0.2) is 0 Å². The Kier molecular flexibility index (Phi) is 5.67. The molecule has 0 spiro atoms. The highest BCUT2D eigenvalue weighted by molar-refractivity contribution is 7.99. The van der Waals surface area contributed by atoms with E-state index in [1.807, 2.05) is 12.1 Å². The fourth-order valence-electron chi connectivity index (χ4n) is 1.03. The molecule has 0 amide bonds. The summed E-state index contributed by atoms with van der Waals surface area (Å²) in [6.07, 6.45) is 0. The van der Waals surface area contributed by atoms with Gasteiger partial charge in [0.25, 0.3) is 0 Å². The first-order valence-electron chi connectivity index (χ1n) is 4.77. The molecule has 0 aliphatic heterocycles. The standard InChI is InChI=1S/C11H14N2OS/c12-5-7-15-8-6-14-11-3-1-10(9-13)2-4-11/h1-4H,5-8,12H2. The summed E-state index contributed by atoms with van der Waals surface area (Å²) in [5.41, 5.74) is 6.01. The summed E-state index contributed by atoms with van der Waals surface area (Å²) in [7, 11) is 0. The van der Waals surface area contributed by atoms with Crippen LogP contribution >= 0.6 is 11.8 Å². The molecular formula is C11H14N2OS. The lowest BCUT2D eigenvalue weighted by Gasteiger charge is -2.05. The van der Waals surface area contributed by atoms with Crippen molar-refractivity contribution in [1.82, 2.24) is 0 Å². The van der Waals surface area contributed by atoms with Crippen molar-refractivity contribution >= 4 is 11.8 Å². The second-order valence-electron chi connectivity index (χ2n) is 2.89. The first kappa shape index (κ1) is 11.9. The van der Waals surface area contributed by atoms with E-state index in [0.717, 1.165) is 17.3 Å². The minimum Gasteiger partial charge on any atom is -0.493 e. The van der Waals surface area contributed by atoms with Crippen LogP contribution in [0.2, 0.25) is 0 Å². The van der Waals surface area contributed by atoms with Crippen molar-refractivity contribution in [2.24, 2.45) is 5.73 Å². The van der Waals surface area contributed by atoms with E-state index in [4.69, 9.17) is 15.7 Å². The third kappa shape index (κ3) is 4.73. The Bertz CT molecular complexity index is 318. The van der Waals surface area contributed by atoms with Gasteiger partial charge in [-0.1, -0.05) is 0 Å². The Balaban J connectivity index is 2.23. The van der Waals surface area contributed by atoms with Gasteiger partial charge in [-0.3, -0.25) is 0 Å². The smallest absolute Gasteiger partial charge is 0.119 e. The van der Waals surface area contributed by atoms with Crippen molar-refractivity contribution in [3.8, 4) is 11.8 Å². The quantitative estimate of drug-likeness (QED) is 0.743. The van der Waals surface area contributed by atoms with Gasteiger partial charge in [-0.05, 0) is 24.3 Å². The van der Waals surface area contributed by atoms with Gasteiger partial charge >= 0.3 is 0 Å². The Morgan fingerprint density at radius 2 is 2.00 bits per heavy atom. The molecule has 0 fully saturated rings. The summed E-state index contributed by atoms with van der Waals surface area (Å²) in [5, 5.41) is 8.60. The highest BCUT2D eigenvalue weighted by Crippen LogP contribution is 2.11. The van der Waals surface area contributed by atoms with Gasteiger partial charge in [0.05, 0.1) is 18.2 Å². The number of hydrogen-bond acceptors (Lipinski definition) is 4. The molecule has 0 heterocycles. The van der Waals surface area contributed by atoms with E-state index >= 15 is 0 Å². The van der Waals surface area contributed by atoms with Crippen LogP contribution in [0.3, 0.4) is 0 Å². The number of nitrogens with zero attached hydrogens (tertiary/aromatic N) is 1. The van der Waals surface area contributed by atoms with E-state index in [1.54, 1.807) is 23.9 Å². The van der Waals surface area contributed by atoms with E-state index in [-0.39, 0.29) is 0 Å². The molecule has 3 nitrogen and oxygen atoms in total. The van der Waals surface area contributed by atoms with Crippen LogP contribution in [0.1, 0.15) is 5.56 Å². The van der Waals surface area contributed by atoms with E-state index < -0.39 is 0 Å². The predicted molar refractivity (Wildman–Crippen MR) is 63.0 cm³/mol. The number of rotatable bonds is 6. The minimum absolute atomic E-state index is 0.653. The van der Waals surface area contributed by atoms with Crippen LogP contribution in [0.15, 0.2) is 24.3 Å². The SMILES string of the molecule is N#Cc1ccc(OCCSCCN)cc1. The van der Waals surface area contributed by atoms with Gasteiger partial charge in [-0.2, -0.15) is 17.0 Å². The monoisotopic (exact) mass is 222 g/mol. The summed E-state index contributed by atoms with van der Waals surface area (Å²) >= 11 is 1.78. The van der Waals surface area contributed by atoms with Crippen LogP contribution in [-0.2, 0) is 0 Å². The summed E-state index contributed by atoms with van der Waals surface area (Å²) in [6, 6.07) is 9.19. The molecule has 0 aliphatic carbocycles. The number of ether oxygens (including phenoxy) is 1. The van der Waals surface area contributed by atoms with Crippen LogP contribution in [0.25, 0.3) is 0 Å². The number of hydrogen-bond donors (Lipinski definition) is 1. The first-order valence-corrected chi connectivity index (χ1v) is 5.93. The zero-order chi connectivity index (χ0) is 10.9. The molecule has 1 rings (SSSR count). The van der Waals surface area contributed by atoms with E-state index in [9.17, 15) is 0 Å². The number of benzene rings is 1. The Morgan fingerprint density at radius 1 is 1.27 bits per heavy atom. The van der Waals surface area contributed by atoms with Crippen molar-refractivity contribution in [3.63, 3.8) is 0 Å². The van der Waals surface area contributed by atoms with Crippen LogP contribution in [0.5, 0.6) is 5.75 Å². The molecule has 0 bridgehead atoms. The Morgan fingerprint density at radius 3 is 2.60 bits per heavy atom. The van der Waals surface area contributed by atoms with Crippen molar-refractivity contribution in [2.45, 2.75) is 0 Å². The summed E-state index contributed by atoms with van der Waals surface area (Å²) in [5.74, 6) is 2.72. The fraction of sp³-hybridized carbons (Fsp3) is 0.364. The Hall–Kier alpha value is -1.18. The molecule has 0 aromatic heterocycles. The van der Waals surface area contributed by atoms with Gasteiger partial charge in [0.2, 0.25) is 0 Å². The van der Waals surface area contributed by atoms with E-state index in [0.29, 0.717) is 18.7 Å². The predicted octanol–water partition coefficient (Wildman–Crippen LogP) is 1.63. The highest BCUT2D eigenvalue weighted by atomic mass is 32.2. The molecule has 0 atom stereocenters. The number of thioether (sulfide) groups is 1. The third-order valence-corrected chi connectivity index (χ3v) is 2.72. The molecule has 0 radical (unpaired) electrons. The van der Waals surface area contributed by atoms with Gasteiger partial charge in [0.15, 0.2) is 0 Å². The molecule has 0 unspecified atom stereocenters. The van der Waals surface area contributed by atoms with Crippen molar-refractivity contribution in [1.29, 1.82) is 5.26 Å². The second-order valence-corrected chi connectivity index (χ2v) is 4.11. The molecular weight excluding hydrogens is 208 g/mol. The molecule has 1 aromatic carbocycles. The largest absolute Gasteiger partial charge is 0.493 e. The zero-order valence-electron chi connectivity index (χ0n) is 8.48. The molecule has 0 saturated heterocycles. The minimum atomic E-state index is 0.653. The van der Waals surface area contributed by atoms with Crippen LogP contribution in [-0.4, -0.2) is 24.7 Å². The third-order valence-electron chi connectivity index (χ3n) is 1.74. The maximum absolute atomic E-state index is 8.60. The molecule has 4 heteroatoms. The maximum Gasteiger partial charge on any atom is 0.119 e. The lowest BCUT2D eigenvalue weighted by Crippen LogP contribution is -2.05. The summed E-state index contributed by atoms with van der Waals surface area (Å²) in [6.45, 7) is 1.39. The van der Waals surface area contributed by atoms with Crippen molar-refractivity contribution < 1.29 is 4.74 Å². The van der Waals surface area contributed by atoms with Gasteiger partial charge in [0, 0.05) is 18.1 Å². The molecule has 0 aliphatic rings. The summed E-state index contributed by atoms with van der Waals surface area (Å²) in [4.78, 5) is 0. The number of nitrogens with two attached hydrogens (primary N) is 1. The maximum atomic E-state index is 8.60. The average Bonchev–Trinajstić information content (AvgIpc) is 2.30. The lowest BCUT2D eigenvalue weighted by molar-refractivity contribution is 0.344. The average molecular weight is 222 g/mol. The van der Waals surface area contributed by atoms with Gasteiger partial charge in [-0.15, -0.1) is 0 Å². The van der Waals surface area contributed by atoms with E-state index in [2.05, 4.69) is 6.07 Å².